The fourth-order valence-corrected chi connectivity index (χ4v) is 4.73. The van der Waals surface area contributed by atoms with Crippen molar-refractivity contribution < 1.29 is 4.79 Å². The van der Waals surface area contributed by atoms with Crippen LogP contribution < -0.4 is 10.9 Å². The number of thiophene rings is 1. The van der Waals surface area contributed by atoms with Gasteiger partial charge in [-0.15, -0.1) is 21.5 Å². The zero-order chi connectivity index (χ0) is 20.5. The number of benzene rings is 1. The van der Waals surface area contributed by atoms with Gasteiger partial charge < -0.3 is 5.32 Å². The largest absolute Gasteiger partial charge is 0.325 e. The first-order valence-electron chi connectivity index (χ1n) is 9.34. The smallest absolute Gasteiger partial charge is 0.272 e. The number of hydrogen-bond acceptors (Lipinski definition) is 6. The van der Waals surface area contributed by atoms with Gasteiger partial charge in [0.25, 0.3) is 5.56 Å². The summed E-state index contributed by atoms with van der Waals surface area (Å²) >= 11 is 2.72. The first kappa shape index (κ1) is 19.7. The van der Waals surface area contributed by atoms with Crippen molar-refractivity contribution in [2.45, 2.75) is 38.9 Å². The third-order valence-electron chi connectivity index (χ3n) is 4.75. The molecule has 1 N–H and O–H groups in total. The molecule has 150 valence electrons. The Kier molecular flexibility index (Phi) is 5.42. The van der Waals surface area contributed by atoms with Gasteiger partial charge in [-0.2, -0.15) is 0 Å². The number of thioether (sulfide) groups is 1. The Morgan fingerprint density at radius 2 is 2.03 bits per heavy atom. The van der Waals surface area contributed by atoms with Gasteiger partial charge in [-0.05, 0) is 55.0 Å². The highest BCUT2D eigenvalue weighted by Gasteiger charge is 2.18. The average molecular weight is 428 g/mol. The monoisotopic (exact) mass is 427 g/mol. The molecular formula is C20H21N5O2S2. The molecule has 0 saturated heterocycles. The number of nitrogens with one attached hydrogen (secondary N) is 1. The van der Waals surface area contributed by atoms with Crippen LogP contribution in [0.4, 0.5) is 5.69 Å². The van der Waals surface area contributed by atoms with Crippen molar-refractivity contribution in [3.8, 4) is 0 Å². The number of nitrogens with zero attached hydrogens (tertiary/aromatic N) is 4. The van der Waals surface area contributed by atoms with Crippen molar-refractivity contribution in [1.29, 1.82) is 0 Å². The van der Waals surface area contributed by atoms with Crippen LogP contribution in [-0.2, 0) is 11.3 Å². The van der Waals surface area contributed by atoms with E-state index in [-0.39, 0.29) is 17.2 Å². The lowest BCUT2D eigenvalue weighted by Gasteiger charge is -2.09. The van der Waals surface area contributed by atoms with Gasteiger partial charge in [-0.1, -0.05) is 24.8 Å². The molecule has 4 rings (SSSR count). The highest BCUT2D eigenvalue weighted by molar-refractivity contribution is 7.99. The molecule has 0 fully saturated rings. The standard InChI is InChI=1S/C20H21N5O2S2/c1-4-8-24-18(27)17-15(7-9-28-17)25-19(24)22-23-20(25)29-11-16(26)21-14-6-5-12(2)13(3)10-14/h5-7,9-10H,4,8,11H2,1-3H3,(H,21,26). The number of fused-ring (bicyclic) bond motifs is 3. The summed E-state index contributed by atoms with van der Waals surface area (Å²) in [5.41, 5.74) is 3.84. The minimum absolute atomic E-state index is 0.0409. The van der Waals surface area contributed by atoms with Crippen LogP contribution in [0.5, 0.6) is 0 Å². The van der Waals surface area contributed by atoms with Crippen molar-refractivity contribution in [2.24, 2.45) is 0 Å². The first-order valence-corrected chi connectivity index (χ1v) is 11.2. The predicted octanol–water partition coefficient (Wildman–Crippen LogP) is 3.86. The molecule has 9 heteroatoms. The van der Waals surface area contributed by atoms with E-state index in [0.29, 0.717) is 22.2 Å². The molecule has 3 heterocycles. The second kappa shape index (κ2) is 8.00. The van der Waals surface area contributed by atoms with Crippen molar-refractivity contribution in [2.75, 3.05) is 11.1 Å². The summed E-state index contributed by atoms with van der Waals surface area (Å²) in [6.45, 7) is 6.65. The summed E-state index contributed by atoms with van der Waals surface area (Å²) in [7, 11) is 0. The Morgan fingerprint density at radius 1 is 1.21 bits per heavy atom. The molecule has 1 amide bonds. The van der Waals surface area contributed by atoms with E-state index in [4.69, 9.17) is 0 Å². The molecule has 0 aliphatic carbocycles. The summed E-state index contributed by atoms with van der Waals surface area (Å²) in [6.07, 6.45) is 0.820. The number of rotatable bonds is 6. The van der Waals surface area contributed by atoms with Gasteiger partial charge in [0, 0.05) is 12.2 Å². The van der Waals surface area contributed by atoms with Crippen LogP contribution in [0.25, 0.3) is 16.0 Å². The fourth-order valence-electron chi connectivity index (χ4n) is 3.16. The van der Waals surface area contributed by atoms with Crippen LogP contribution in [0.3, 0.4) is 0 Å². The summed E-state index contributed by atoms with van der Waals surface area (Å²) < 4.78 is 4.20. The summed E-state index contributed by atoms with van der Waals surface area (Å²) in [4.78, 5) is 25.2. The molecule has 0 atom stereocenters. The highest BCUT2D eigenvalue weighted by atomic mass is 32.2. The van der Waals surface area contributed by atoms with E-state index in [1.54, 1.807) is 4.57 Å². The Hall–Kier alpha value is -2.65. The molecule has 29 heavy (non-hydrogen) atoms. The van der Waals surface area contributed by atoms with E-state index in [1.165, 1.54) is 28.7 Å². The van der Waals surface area contributed by atoms with E-state index in [0.717, 1.165) is 23.2 Å². The van der Waals surface area contributed by atoms with Crippen LogP contribution in [-0.4, -0.2) is 30.8 Å². The van der Waals surface area contributed by atoms with Crippen molar-refractivity contribution >= 4 is 50.7 Å². The van der Waals surface area contributed by atoms with Crippen LogP contribution in [0.2, 0.25) is 0 Å². The summed E-state index contributed by atoms with van der Waals surface area (Å²) in [5.74, 6) is 0.602. The number of carbonyl (C=O) groups excluding carboxylic acids is 1. The molecule has 3 aromatic heterocycles. The van der Waals surface area contributed by atoms with Gasteiger partial charge in [0.2, 0.25) is 11.7 Å². The Bertz CT molecular complexity index is 1270. The van der Waals surface area contributed by atoms with Crippen LogP contribution in [0.15, 0.2) is 39.6 Å². The Morgan fingerprint density at radius 3 is 2.79 bits per heavy atom. The second-order valence-electron chi connectivity index (χ2n) is 6.85. The molecule has 7 nitrogen and oxygen atoms in total. The SMILES string of the molecule is CCCn1c(=O)c2sccc2n2c(SCC(=O)Nc3ccc(C)c(C)c3)nnc12. The zero-order valence-electron chi connectivity index (χ0n) is 16.4. The van der Waals surface area contributed by atoms with E-state index < -0.39 is 0 Å². The molecule has 0 unspecified atom stereocenters. The molecule has 0 radical (unpaired) electrons. The minimum Gasteiger partial charge on any atom is -0.325 e. The molecule has 0 spiro atoms. The van der Waals surface area contributed by atoms with E-state index in [9.17, 15) is 9.59 Å². The fraction of sp³-hybridized carbons (Fsp3) is 0.300. The maximum Gasteiger partial charge on any atom is 0.272 e. The lowest BCUT2D eigenvalue weighted by atomic mass is 10.1. The molecule has 0 aliphatic heterocycles. The summed E-state index contributed by atoms with van der Waals surface area (Å²) in [5, 5.41) is 13.9. The van der Waals surface area contributed by atoms with Gasteiger partial charge in [0.05, 0.1) is 11.3 Å². The average Bonchev–Trinajstić information content (AvgIpc) is 3.33. The number of anilines is 1. The van der Waals surface area contributed by atoms with Crippen molar-refractivity contribution in [3.63, 3.8) is 0 Å². The van der Waals surface area contributed by atoms with Crippen LogP contribution >= 0.6 is 23.1 Å². The van der Waals surface area contributed by atoms with Gasteiger partial charge in [0.1, 0.15) is 4.70 Å². The highest BCUT2D eigenvalue weighted by Crippen LogP contribution is 2.24. The van der Waals surface area contributed by atoms with Crippen molar-refractivity contribution in [3.05, 3.63) is 51.1 Å². The molecule has 4 aromatic rings. The maximum atomic E-state index is 12.7. The molecule has 0 saturated carbocycles. The van der Waals surface area contributed by atoms with Gasteiger partial charge >= 0.3 is 0 Å². The Labute approximate surface area is 175 Å². The van der Waals surface area contributed by atoms with Crippen molar-refractivity contribution in [1.82, 2.24) is 19.2 Å². The number of aryl methyl sites for hydroxylation is 3. The Balaban J connectivity index is 1.61. The molecular weight excluding hydrogens is 406 g/mol. The van der Waals surface area contributed by atoms with E-state index >= 15 is 0 Å². The number of aromatic nitrogens is 4. The normalized spacial score (nSPS) is 11.4. The lowest BCUT2D eigenvalue weighted by Crippen LogP contribution is -2.22. The summed E-state index contributed by atoms with van der Waals surface area (Å²) in [6, 6.07) is 7.75. The minimum atomic E-state index is -0.113. The van der Waals surface area contributed by atoms with Crippen LogP contribution in [0.1, 0.15) is 24.5 Å². The first-order chi connectivity index (χ1) is 14.0. The number of amides is 1. The van der Waals surface area contributed by atoms with Gasteiger partial charge in [-0.3, -0.25) is 18.6 Å². The number of carbonyl (C=O) groups is 1. The van der Waals surface area contributed by atoms with Gasteiger partial charge in [-0.25, -0.2) is 0 Å². The quantitative estimate of drug-likeness (QED) is 0.473. The molecule has 1 aromatic carbocycles. The lowest BCUT2D eigenvalue weighted by molar-refractivity contribution is -0.113. The maximum absolute atomic E-state index is 12.7. The topological polar surface area (TPSA) is 81.3 Å². The van der Waals surface area contributed by atoms with Gasteiger partial charge in [0.15, 0.2) is 5.16 Å². The zero-order valence-corrected chi connectivity index (χ0v) is 18.1. The van der Waals surface area contributed by atoms with E-state index in [1.807, 2.05) is 54.8 Å². The third-order valence-corrected chi connectivity index (χ3v) is 6.57. The third kappa shape index (κ3) is 3.67. The predicted molar refractivity (Wildman–Crippen MR) is 118 cm³/mol. The molecule has 0 bridgehead atoms. The number of hydrogen-bond donors (Lipinski definition) is 1. The molecule has 0 aliphatic rings. The van der Waals surface area contributed by atoms with Crippen LogP contribution in [0, 0.1) is 13.8 Å². The second-order valence-corrected chi connectivity index (χ2v) is 8.70. The van der Waals surface area contributed by atoms with E-state index in [2.05, 4.69) is 15.5 Å².